The fraction of sp³-hybridized carbons (Fsp3) is 0.500. The minimum Gasteiger partial charge on any atom is -0.342 e. The SMILES string of the molecule is Cc1ncncc1C(=O)N1CCC[C@@]2(CCC(=O)N(CCc3ccccn3)C2)C1. The minimum atomic E-state index is -0.0184. The maximum atomic E-state index is 13.1. The Balaban J connectivity index is 1.44. The van der Waals surface area contributed by atoms with E-state index < -0.39 is 0 Å². The van der Waals surface area contributed by atoms with Crippen molar-refractivity contribution in [2.75, 3.05) is 26.2 Å². The second-order valence-electron chi connectivity index (χ2n) is 8.24. The summed E-state index contributed by atoms with van der Waals surface area (Å²) in [5, 5.41) is 0. The Morgan fingerprint density at radius 3 is 2.90 bits per heavy atom. The quantitative estimate of drug-likeness (QED) is 0.796. The molecule has 2 aliphatic heterocycles. The van der Waals surface area contributed by atoms with Gasteiger partial charge in [0, 0.05) is 62.5 Å². The van der Waals surface area contributed by atoms with Gasteiger partial charge in [-0.05, 0) is 38.3 Å². The third-order valence-electron chi connectivity index (χ3n) is 6.20. The zero-order valence-corrected chi connectivity index (χ0v) is 16.9. The van der Waals surface area contributed by atoms with Crippen LogP contribution >= 0.6 is 0 Å². The maximum absolute atomic E-state index is 13.1. The summed E-state index contributed by atoms with van der Waals surface area (Å²) < 4.78 is 0. The topological polar surface area (TPSA) is 79.3 Å². The highest BCUT2D eigenvalue weighted by Gasteiger charge is 2.42. The first-order valence-electron chi connectivity index (χ1n) is 10.3. The first-order chi connectivity index (χ1) is 14.1. The molecule has 4 rings (SSSR count). The van der Waals surface area contributed by atoms with Crippen LogP contribution in [0, 0.1) is 12.3 Å². The van der Waals surface area contributed by atoms with Gasteiger partial charge in [-0.1, -0.05) is 6.07 Å². The van der Waals surface area contributed by atoms with Crippen LogP contribution in [0.3, 0.4) is 0 Å². The predicted molar refractivity (Wildman–Crippen MR) is 108 cm³/mol. The minimum absolute atomic E-state index is 0.000824. The van der Waals surface area contributed by atoms with Gasteiger partial charge in [0.2, 0.25) is 5.91 Å². The number of pyridine rings is 1. The van der Waals surface area contributed by atoms with E-state index in [0.29, 0.717) is 37.3 Å². The molecule has 1 spiro atoms. The third-order valence-corrected chi connectivity index (χ3v) is 6.20. The van der Waals surface area contributed by atoms with Crippen molar-refractivity contribution in [3.05, 3.63) is 53.9 Å². The van der Waals surface area contributed by atoms with Crippen LogP contribution in [0.15, 0.2) is 36.9 Å². The van der Waals surface area contributed by atoms with Crippen LogP contribution in [0.5, 0.6) is 0 Å². The average molecular weight is 393 g/mol. The highest BCUT2D eigenvalue weighted by molar-refractivity contribution is 5.95. The van der Waals surface area contributed by atoms with Crippen LogP contribution in [-0.2, 0) is 11.2 Å². The molecule has 2 fully saturated rings. The standard InChI is InChI=1S/C22H27N5O2/c1-17-19(13-23-16-25-17)21(29)27-11-4-8-22(15-27)9-6-20(28)26(14-22)12-7-18-5-2-3-10-24-18/h2-3,5,10,13,16H,4,6-9,11-12,14-15H2,1H3/t22-/m0/s1. The molecule has 0 aromatic carbocycles. The van der Waals surface area contributed by atoms with Gasteiger partial charge in [0.05, 0.1) is 11.3 Å². The molecule has 2 amide bonds. The molecule has 0 saturated carbocycles. The molecular formula is C22H27N5O2. The van der Waals surface area contributed by atoms with Gasteiger partial charge in [-0.25, -0.2) is 9.97 Å². The van der Waals surface area contributed by atoms with Crippen molar-refractivity contribution in [2.24, 2.45) is 5.41 Å². The largest absolute Gasteiger partial charge is 0.342 e. The lowest BCUT2D eigenvalue weighted by Gasteiger charge is -2.48. The van der Waals surface area contributed by atoms with E-state index in [4.69, 9.17) is 0 Å². The Hall–Kier alpha value is -2.83. The van der Waals surface area contributed by atoms with Gasteiger partial charge >= 0.3 is 0 Å². The number of amides is 2. The van der Waals surface area contributed by atoms with Crippen LogP contribution in [0.2, 0.25) is 0 Å². The second kappa shape index (κ2) is 8.27. The van der Waals surface area contributed by atoms with Gasteiger partial charge in [0.15, 0.2) is 0 Å². The van der Waals surface area contributed by atoms with Crippen molar-refractivity contribution in [3.63, 3.8) is 0 Å². The Morgan fingerprint density at radius 1 is 1.21 bits per heavy atom. The van der Waals surface area contributed by atoms with Crippen LogP contribution in [-0.4, -0.2) is 62.7 Å². The molecule has 152 valence electrons. The van der Waals surface area contributed by atoms with Crippen LogP contribution in [0.4, 0.5) is 0 Å². The summed E-state index contributed by atoms with van der Waals surface area (Å²) in [5.41, 5.74) is 2.26. The van der Waals surface area contributed by atoms with E-state index in [9.17, 15) is 9.59 Å². The normalized spacial score (nSPS) is 22.2. The Kier molecular flexibility index (Phi) is 5.56. The van der Waals surface area contributed by atoms with Crippen LogP contribution < -0.4 is 0 Å². The molecule has 4 heterocycles. The molecule has 29 heavy (non-hydrogen) atoms. The Labute approximate surface area is 171 Å². The monoisotopic (exact) mass is 393 g/mol. The molecule has 2 saturated heterocycles. The molecule has 0 N–H and O–H groups in total. The molecule has 0 unspecified atom stereocenters. The number of rotatable bonds is 4. The lowest BCUT2D eigenvalue weighted by atomic mass is 9.73. The van der Waals surface area contributed by atoms with Crippen molar-refractivity contribution in [2.45, 2.75) is 39.0 Å². The van der Waals surface area contributed by atoms with E-state index >= 15 is 0 Å². The van der Waals surface area contributed by atoms with Gasteiger partial charge in [-0.15, -0.1) is 0 Å². The summed E-state index contributed by atoms with van der Waals surface area (Å²) in [6.45, 7) is 4.67. The van der Waals surface area contributed by atoms with E-state index in [0.717, 1.165) is 37.9 Å². The van der Waals surface area contributed by atoms with E-state index in [2.05, 4.69) is 15.0 Å². The zero-order valence-electron chi connectivity index (χ0n) is 16.9. The highest BCUT2D eigenvalue weighted by Crippen LogP contribution is 2.39. The molecule has 7 heteroatoms. The first kappa shape index (κ1) is 19.5. The number of nitrogens with zero attached hydrogens (tertiary/aromatic N) is 5. The van der Waals surface area contributed by atoms with Crippen molar-refractivity contribution in [1.82, 2.24) is 24.8 Å². The Bertz CT molecular complexity index is 888. The summed E-state index contributed by atoms with van der Waals surface area (Å²) in [6, 6.07) is 5.87. The maximum Gasteiger partial charge on any atom is 0.257 e. The molecule has 2 aromatic rings. The summed E-state index contributed by atoms with van der Waals surface area (Å²) in [5.74, 6) is 0.210. The number of piperidine rings is 2. The van der Waals surface area contributed by atoms with Crippen molar-refractivity contribution < 1.29 is 9.59 Å². The zero-order chi connectivity index (χ0) is 20.3. The molecule has 1 atom stereocenters. The van der Waals surface area contributed by atoms with E-state index in [1.165, 1.54) is 6.33 Å². The van der Waals surface area contributed by atoms with Gasteiger partial charge in [-0.3, -0.25) is 14.6 Å². The number of carbonyl (C=O) groups excluding carboxylic acids is 2. The van der Waals surface area contributed by atoms with E-state index in [-0.39, 0.29) is 17.2 Å². The number of aromatic nitrogens is 3. The van der Waals surface area contributed by atoms with Gasteiger partial charge in [-0.2, -0.15) is 0 Å². The number of aryl methyl sites for hydroxylation is 1. The first-order valence-corrected chi connectivity index (χ1v) is 10.3. The molecule has 0 bridgehead atoms. The number of carbonyl (C=O) groups is 2. The average Bonchev–Trinajstić information content (AvgIpc) is 2.75. The molecule has 2 aromatic heterocycles. The lowest BCUT2D eigenvalue weighted by molar-refractivity contribution is -0.138. The van der Waals surface area contributed by atoms with Crippen molar-refractivity contribution >= 4 is 11.8 Å². The fourth-order valence-electron chi connectivity index (χ4n) is 4.59. The van der Waals surface area contributed by atoms with E-state index in [1.54, 1.807) is 12.4 Å². The smallest absolute Gasteiger partial charge is 0.257 e. The molecule has 0 radical (unpaired) electrons. The van der Waals surface area contributed by atoms with Gasteiger partial charge < -0.3 is 9.80 Å². The number of likely N-dealkylation sites (tertiary alicyclic amines) is 2. The Morgan fingerprint density at radius 2 is 2.10 bits per heavy atom. The molecule has 2 aliphatic rings. The van der Waals surface area contributed by atoms with Crippen LogP contribution in [0.1, 0.15) is 47.4 Å². The van der Waals surface area contributed by atoms with Gasteiger partial charge in [0.25, 0.3) is 5.91 Å². The van der Waals surface area contributed by atoms with Crippen molar-refractivity contribution in [1.29, 1.82) is 0 Å². The lowest BCUT2D eigenvalue weighted by Crippen LogP contribution is -2.55. The summed E-state index contributed by atoms with van der Waals surface area (Å²) in [7, 11) is 0. The molecular weight excluding hydrogens is 366 g/mol. The third kappa shape index (κ3) is 4.28. The predicted octanol–water partition coefficient (Wildman–Crippen LogP) is 2.27. The molecule has 7 nitrogen and oxygen atoms in total. The summed E-state index contributed by atoms with van der Waals surface area (Å²) >= 11 is 0. The number of hydrogen-bond acceptors (Lipinski definition) is 5. The van der Waals surface area contributed by atoms with E-state index in [1.807, 2.05) is 34.9 Å². The molecule has 0 aliphatic carbocycles. The fourth-order valence-corrected chi connectivity index (χ4v) is 4.59. The highest BCUT2D eigenvalue weighted by atomic mass is 16.2. The number of hydrogen-bond donors (Lipinski definition) is 0. The summed E-state index contributed by atoms with van der Waals surface area (Å²) in [6.07, 6.45) is 9.03. The second-order valence-corrected chi connectivity index (χ2v) is 8.24. The summed E-state index contributed by atoms with van der Waals surface area (Å²) in [4.78, 5) is 42.0. The van der Waals surface area contributed by atoms with Crippen molar-refractivity contribution in [3.8, 4) is 0 Å². The van der Waals surface area contributed by atoms with Gasteiger partial charge in [0.1, 0.15) is 6.33 Å². The van der Waals surface area contributed by atoms with Crippen LogP contribution in [0.25, 0.3) is 0 Å².